The minimum atomic E-state index is 0.182. The maximum atomic E-state index is 11.9. The molecule has 88 valence electrons. The highest BCUT2D eigenvalue weighted by Crippen LogP contribution is 2.11. The van der Waals surface area contributed by atoms with E-state index in [0.717, 1.165) is 25.9 Å². The Kier molecular flexibility index (Phi) is 5.09. The lowest BCUT2D eigenvalue weighted by molar-refractivity contribution is -0.134. The number of nitrogens with one attached hydrogen (secondary N) is 1. The number of likely N-dealkylation sites (N-methyl/N-ethyl adjacent to an activating group) is 1. The first kappa shape index (κ1) is 12.5. The SMILES string of the molecule is CCCC(C)C(=O)N(C)CC1CCCN1. The topological polar surface area (TPSA) is 32.3 Å². The van der Waals surface area contributed by atoms with Crippen LogP contribution in [0.15, 0.2) is 0 Å². The summed E-state index contributed by atoms with van der Waals surface area (Å²) in [6, 6.07) is 0.521. The standard InChI is InChI=1S/C12H24N2O/c1-4-6-10(2)12(15)14(3)9-11-7-5-8-13-11/h10-11,13H,4-9H2,1-3H3. The molecule has 3 nitrogen and oxygen atoms in total. The zero-order valence-corrected chi connectivity index (χ0v) is 10.3. The fourth-order valence-corrected chi connectivity index (χ4v) is 2.27. The lowest BCUT2D eigenvalue weighted by Gasteiger charge is -2.24. The van der Waals surface area contributed by atoms with Gasteiger partial charge < -0.3 is 10.2 Å². The molecule has 0 aromatic heterocycles. The molecule has 1 heterocycles. The van der Waals surface area contributed by atoms with Crippen molar-refractivity contribution in [1.82, 2.24) is 10.2 Å². The monoisotopic (exact) mass is 212 g/mol. The van der Waals surface area contributed by atoms with Crippen LogP contribution in [0, 0.1) is 5.92 Å². The highest BCUT2D eigenvalue weighted by molar-refractivity contribution is 5.78. The summed E-state index contributed by atoms with van der Waals surface area (Å²) < 4.78 is 0. The average Bonchev–Trinajstić information content (AvgIpc) is 2.69. The van der Waals surface area contributed by atoms with Crippen LogP contribution in [0.3, 0.4) is 0 Å². The molecule has 0 radical (unpaired) electrons. The van der Waals surface area contributed by atoms with E-state index in [9.17, 15) is 4.79 Å². The highest BCUT2D eigenvalue weighted by atomic mass is 16.2. The van der Waals surface area contributed by atoms with E-state index in [-0.39, 0.29) is 5.92 Å². The summed E-state index contributed by atoms with van der Waals surface area (Å²) in [4.78, 5) is 13.8. The first-order valence-electron chi connectivity index (χ1n) is 6.13. The van der Waals surface area contributed by atoms with Gasteiger partial charge in [-0.2, -0.15) is 0 Å². The van der Waals surface area contributed by atoms with E-state index < -0.39 is 0 Å². The first-order valence-corrected chi connectivity index (χ1v) is 6.13. The van der Waals surface area contributed by atoms with Crippen LogP contribution in [-0.2, 0) is 4.79 Å². The Labute approximate surface area is 93.2 Å². The fraction of sp³-hybridized carbons (Fsp3) is 0.917. The molecule has 0 aliphatic carbocycles. The predicted octanol–water partition coefficient (Wildman–Crippen LogP) is 1.63. The molecule has 2 atom stereocenters. The van der Waals surface area contributed by atoms with E-state index in [1.165, 1.54) is 12.8 Å². The lowest BCUT2D eigenvalue weighted by Crippen LogP contribution is -2.40. The summed E-state index contributed by atoms with van der Waals surface area (Å²) in [5.74, 6) is 0.479. The Morgan fingerprint density at radius 2 is 2.33 bits per heavy atom. The van der Waals surface area contributed by atoms with Gasteiger partial charge in [0, 0.05) is 25.6 Å². The van der Waals surface area contributed by atoms with Gasteiger partial charge in [0.05, 0.1) is 0 Å². The Bertz CT molecular complexity index is 200. The van der Waals surface area contributed by atoms with Gasteiger partial charge in [-0.1, -0.05) is 20.3 Å². The molecule has 1 rings (SSSR count). The Morgan fingerprint density at radius 3 is 2.87 bits per heavy atom. The molecule has 1 saturated heterocycles. The van der Waals surface area contributed by atoms with Gasteiger partial charge in [-0.3, -0.25) is 4.79 Å². The van der Waals surface area contributed by atoms with Crippen LogP contribution >= 0.6 is 0 Å². The summed E-state index contributed by atoms with van der Waals surface area (Å²) in [5, 5.41) is 3.42. The van der Waals surface area contributed by atoms with Gasteiger partial charge in [0.1, 0.15) is 0 Å². The summed E-state index contributed by atoms with van der Waals surface area (Å²) in [7, 11) is 1.93. The Balaban J connectivity index is 2.31. The van der Waals surface area contributed by atoms with E-state index >= 15 is 0 Å². The van der Waals surface area contributed by atoms with Gasteiger partial charge in [-0.25, -0.2) is 0 Å². The number of nitrogens with zero attached hydrogens (tertiary/aromatic N) is 1. The summed E-state index contributed by atoms with van der Waals surface area (Å²) in [6.07, 6.45) is 4.54. The quantitative estimate of drug-likeness (QED) is 0.751. The predicted molar refractivity (Wildman–Crippen MR) is 62.7 cm³/mol. The van der Waals surface area contributed by atoms with Crippen LogP contribution in [0.25, 0.3) is 0 Å². The van der Waals surface area contributed by atoms with Crippen LogP contribution < -0.4 is 5.32 Å². The molecule has 0 aromatic rings. The van der Waals surface area contributed by atoms with E-state index in [0.29, 0.717) is 11.9 Å². The molecule has 0 saturated carbocycles. The molecule has 1 aliphatic heterocycles. The van der Waals surface area contributed by atoms with Gasteiger partial charge in [0.15, 0.2) is 0 Å². The molecule has 1 amide bonds. The van der Waals surface area contributed by atoms with Gasteiger partial charge in [0.25, 0.3) is 0 Å². The molecular formula is C12H24N2O. The van der Waals surface area contributed by atoms with E-state index in [1.54, 1.807) is 0 Å². The second-order valence-corrected chi connectivity index (χ2v) is 4.70. The smallest absolute Gasteiger partial charge is 0.225 e. The second-order valence-electron chi connectivity index (χ2n) is 4.70. The first-order chi connectivity index (χ1) is 7.15. The molecule has 2 unspecified atom stereocenters. The molecule has 0 aromatic carbocycles. The molecule has 0 bridgehead atoms. The Hall–Kier alpha value is -0.570. The molecule has 15 heavy (non-hydrogen) atoms. The van der Waals surface area contributed by atoms with Crippen molar-refractivity contribution < 1.29 is 4.79 Å². The normalized spacial score (nSPS) is 22.7. The third kappa shape index (κ3) is 3.82. The van der Waals surface area contributed by atoms with Crippen LogP contribution in [0.5, 0.6) is 0 Å². The van der Waals surface area contributed by atoms with E-state index in [2.05, 4.69) is 12.2 Å². The van der Waals surface area contributed by atoms with Crippen LogP contribution in [0.1, 0.15) is 39.5 Å². The van der Waals surface area contributed by atoms with Crippen LogP contribution in [0.2, 0.25) is 0 Å². The molecular weight excluding hydrogens is 188 g/mol. The molecule has 1 N–H and O–H groups in total. The number of carbonyl (C=O) groups excluding carboxylic acids is 1. The maximum Gasteiger partial charge on any atom is 0.225 e. The van der Waals surface area contributed by atoms with Crippen molar-refractivity contribution in [3.8, 4) is 0 Å². The van der Waals surface area contributed by atoms with Crippen molar-refractivity contribution in [3.63, 3.8) is 0 Å². The molecule has 1 fully saturated rings. The summed E-state index contributed by atoms with van der Waals surface area (Å²) >= 11 is 0. The van der Waals surface area contributed by atoms with Crippen molar-refractivity contribution in [3.05, 3.63) is 0 Å². The van der Waals surface area contributed by atoms with Crippen molar-refractivity contribution in [2.45, 2.75) is 45.6 Å². The van der Waals surface area contributed by atoms with Gasteiger partial charge >= 0.3 is 0 Å². The molecule has 0 spiro atoms. The van der Waals surface area contributed by atoms with Gasteiger partial charge in [-0.05, 0) is 25.8 Å². The average molecular weight is 212 g/mol. The number of hydrogen-bond acceptors (Lipinski definition) is 2. The van der Waals surface area contributed by atoms with E-state index in [4.69, 9.17) is 0 Å². The second kappa shape index (κ2) is 6.11. The minimum Gasteiger partial charge on any atom is -0.344 e. The minimum absolute atomic E-state index is 0.182. The van der Waals surface area contributed by atoms with Crippen LogP contribution in [0.4, 0.5) is 0 Å². The molecule has 1 aliphatic rings. The van der Waals surface area contributed by atoms with E-state index in [1.807, 2.05) is 18.9 Å². The third-order valence-electron chi connectivity index (χ3n) is 3.18. The van der Waals surface area contributed by atoms with Crippen molar-refractivity contribution in [2.75, 3.05) is 20.1 Å². The Morgan fingerprint density at radius 1 is 1.60 bits per heavy atom. The lowest BCUT2D eigenvalue weighted by atomic mass is 10.0. The van der Waals surface area contributed by atoms with Gasteiger partial charge in [-0.15, -0.1) is 0 Å². The van der Waals surface area contributed by atoms with Crippen molar-refractivity contribution in [1.29, 1.82) is 0 Å². The summed E-state index contributed by atoms with van der Waals surface area (Å²) in [5.41, 5.74) is 0. The summed E-state index contributed by atoms with van der Waals surface area (Å²) in [6.45, 7) is 6.14. The van der Waals surface area contributed by atoms with Gasteiger partial charge in [0.2, 0.25) is 5.91 Å². The fourth-order valence-electron chi connectivity index (χ4n) is 2.27. The van der Waals surface area contributed by atoms with Crippen molar-refractivity contribution in [2.24, 2.45) is 5.92 Å². The largest absolute Gasteiger partial charge is 0.344 e. The van der Waals surface area contributed by atoms with Crippen molar-refractivity contribution >= 4 is 5.91 Å². The molecule has 3 heteroatoms. The zero-order valence-electron chi connectivity index (χ0n) is 10.3. The number of hydrogen-bond donors (Lipinski definition) is 1. The van der Waals surface area contributed by atoms with Crippen LogP contribution in [-0.4, -0.2) is 37.0 Å². The zero-order chi connectivity index (χ0) is 11.3. The number of rotatable bonds is 5. The maximum absolute atomic E-state index is 11.9. The highest BCUT2D eigenvalue weighted by Gasteiger charge is 2.21. The number of carbonyl (C=O) groups is 1. The third-order valence-corrected chi connectivity index (χ3v) is 3.18. The number of amides is 1.